The Kier molecular flexibility index (Phi) is 4.51. The van der Waals surface area contributed by atoms with Crippen molar-refractivity contribution in [2.75, 3.05) is 0 Å². The molecule has 7 heteroatoms. The van der Waals surface area contributed by atoms with Crippen LogP contribution in [0.3, 0.4) is 0 Å². The average molecular weight is 360 g/mol. The van der Waals surface area contributed by atoms with E-state index in [1.165, 1.54) is 28.3 Å². The normalized spacial score (nSPS) is 10.6. The number of nitrogens with zero attached hydrogens (tertiary/aromatic N) is 2. The highest BCUT2D eigenvalue weighted by Crippen LogP contribution is 2.26. The highest BCUT2D eigenvalue weighted by molar-refractivity contribution is 7.25. The van der Waals surface area contributed by atoms with Gasteiger partial charge in [0.1, 0.15) is 21.4 Å². The SMILES string of the molecule is CC.O=c1cc[nH]c2sc3c(=O)n(-c4ccc(Cl)cc4)cnc3c12. The van der Waals surface area contributed by atoms with Crippen molar-refractivity contribution < 1.29 is 0 Å². The lowest BCUT2D eigenvalue weighted by atomic mass is 10.3. The van der Waals surface area contributed by atoms with E-state index >= 15 is 0 Å². The number of aromatic amines is 1. The van der Waals surface area contributed by atoms with Crippen molar-refractivity contribution in [1.29, 1.82) is 0 Å². The van der Waals surface area contributed by atoms with Crippen LogP contribution in [-0.2, 0) is 0 Å². The smallest absolute Gasteiger partial charge is 0.275 e. The van der Waals surface area contributed by atoms with Crippen LogP contribution < -0.4 is 11.0 Å². The molecule has 0 radical (unpaired) electrons. The number of H-pyrrole nitrogens is 1. The zero-order valence-electron chi connectivity index (χ0n) is 13.0. The largest absolute Gasteiger partial charge is 0.353 e. The van der Waals surface area contributed by atoms with Crippen molar-refractivity contribution in [3.63, 3.8) is 0 Å². The molecule has 4 aromatic rings. The highest BCUT2D eigenvalue weighted by Gasteiger charge is 2.14. The Morgan fingerprint density at radius 3 is 2.54 bits per heavy atom. The Labute approximate surface area is 146 Å². The third-order valence-corrected chi connectivity index (χ3v) is 4.75. The summed E-state index contributed by atoms with van der Waals surface area (Å²) < 4.78 is 1.89. The predicted octanol–water partition coefficient (Wildman–Crippen LogP) is 3.97. The monoisotopic (exact) mass is 359 g/mol. The van der Waals surface area contributed by atoms with E-state index in [0.717, 1.165) is 0 Å². The molecule has 3 heterocycles. The van der Waals surface area contributed by atoms with E-state index in [2.05, 4.69) is 9.97 Å². The third kappa shape index (κ3) is 2.64. The Hall–Kier alpha value is -2.44. The molecule has 1 N–H and O–H groups in total. The summed E-state index contributed by atoms with van der Waals surface area (Å²) in [5, 5.41) is 1.06. The van der Waals surface area contributed by atoms with Gasteiger partial charge in [0.05, 0.1) is 11.1 Å². The minimum Gasteiger partial charge on any atom is -0.353 e. The molecule has 24 heavy (non-hydrogen) atoms. The fourth-order valence-corrected chi connectivity index (χ4v) is 3.55. The van der Waals surface area contributed by atoms with Gasteiger partial charge in [-0.15, -0.1) is 11.3 Å². The summed E-state index contributed by atoms with van der Waals surface area (Å²) >= 11 is 7.10. The summed E-state index contributed by atoms with van der Waals surface area (Å²) in [7, 11) is 0. The van der Waals surface area contributed by atoms with E-state index < -0.39 is 0 Å². The first-order chi connectivity index (χ1) is 11.6. The number of hydrogen-bond acceptors (Lipinski definition) is 4. The number of hydrogen-bond donors (Lipinski definition) is 1. The molecule has 0 aliphatic carbocycles. The van der Waals surface area contributed by atoms with Gasteiger partial charge in [-0.3, -0.25) is 14.2 Å². The first kappa shape index (κ1) is 16.4. The maximum Gasteiger partial charge on any atom is 0.275 e. The van der Waals surface area contributed by atoms with E-state index in [1.807, 2.05) is 13.8 Å². The van der Waals surface area contributed by atoms with E-state index in [1.54, 1.807) is 30.5 Å². The fourth-order valence-electron chi connectivity index (χ4n) is 2.36. The Balaban J connectivity index is 0.000000815. The number of nitrogens with one attached hydrogen (secondary N) is 1. The maximum absolute atomic E-state index is 12.7. The first-order valence-corrected chi connectivity index (χ1v) is 8.62. The van der Waals surface area contributed by atoms with Gasteiger partial charge in [0, 0.05) is 17.3 Å². The van der Waals surface area contributed by atoms with Gasteiger partial charge in [-0.25, -0.2) is 4.98 Å². The van der Waals surface area contributed by atoms with Crippen LogP contribution in [0.5, 0.6) is 0 Å². The minimum atomic E-state index is -0.207. The summed E-state index contributed by atoms with van der Waals surface area (Å²) in [5.74, 6) is 0. The van der Waals surface area contributed by atoms with Crippen molar-refractivity contribution in [1.82, 2.24) is 14.5 Å². The van der Waals surface area contributed by atoms with Crippen LogP contribution in [0.1, 0.15) is 13.8 Å². The summed E-state index contributed by atoms with van der Waals surface area (Å²) in [4.78, 5) is 32.6. The molecular formula is C17H14ClN3O2S. The van der Waals surface area contributed by atoms with Crippen LogP contribution in [0.4, 0.5) is 0 Å². The zero-order chi connectivity index (χ0) is 17.3. The second kappa shape index (κ2) is 6.59. The second-order valence-electron chi connectivity index (χ2n) is 4.72. The van der Waals surface area contributed by atoms with E-state index in [0.29, 0.717) is 31.1 Å². The molecule has 0 amide bonds. The molecule has 4 rings (SSSR count). The van der Waals surface area contributed by atoms with Gasteiger partial charge in [0.25, 0.3) is 5.56 Å². The van der Waals surface area contributed by atoms with Gasteiger partial charge < -0.3 is 4.98 Å². The van der Waals surface area contributed by atoms with Crippen LogP contribution in [0.15, 0.2) is 52.4 Å². The number of rotatable bonds is 1. The lowest BCUT2D eigenvalue weighted by Gasteiger charge is -2.04. The molecule has 0 saturated heterocycles. The first-order valence-electron chi connectivity index (χ1n) is 7.42. The molecular weight excluding hydrogens is 346 g/mol. The van der Waals surface area contributed by atoms with Crippen LogP contribution in [0.2, 0.25) is 5.02 Å². The highest BCUT2D eigenvalue weighted by atomic mass is 35.5. The molecule has 0 spiro atoms. The van der Waals surface area contributed by atoms with Gasteiger partial charge in [0.15, 0.2) is 5.43 Å². The summed E-state index contributed by atoms with van der Waals surface area (Å²) in [6.45, 7) is 4.00. The van der Waals surface area contributed by atoms with Gasteiger partial charge >= 0.3 is 0 Å². The number of fused-ring (bicyclic) bond motifs is 3. The number of benzene rings is 1. The van der Waals surface area contributed by atoms with Crippen molar-refractivity contribution in [3.05, 3.63) is 68.5 Å². The maximum atomic E-state index is 12.7. The van der Waals surface area contributed by atoms with Crippen LogP contribution in [0.25, 0.3) is 26.1 Å². The summed E-state index contributed by atoms with van der Waals surface area (Å²) in [6.07, 6.45) is 3.00. The summed E-state index contributed by atoms with van der Waals surface area (Å²) in [5.41, 5.74) is 0.766. The van der Waals surface area contributed by atoms with Gasteiger partial charge in [-0.2, -0.15) is 0 Å². The fraction of sp³-hybridized carbons (Fsp3) is 0.118. The lowest BCUT2D eigenvalue weighted by molar-refractivity contribution is 0.967. The van der Waals surface area contributed by atoms with Crippen LogP contribution in [-0.4, -0.2) is 14.5 Å². The Bertz CT molecular complexity index is 1130. The van der Waals surface area contributed by atoms with Gasteiger partial charge in [-0.1, -0.05) is 25.4 Å². The number of thiophene rings is 1. The molecule has 122 valence electrons. The topological polar surface area (TPSA) is 67.8 Å². The molecule has 0 aliphatic rings. The molecule has 0 fully saturated rings. The predicted molar refractivity (Wildman–Crippen MR) is 99.7 cm³/mol. The van der Waals surface area contributed by atoms with E-state index in [-0.39, 0.29) is 11.0 Å². The quantitative estimate of drug-likeness (QED) is 0.559. The molecule has 0 aliphatic heterocycles. The second-order valence-corrected chi connectivity index (χ2v) is 6.18. The van der Waals surface area contributed by atoms with E-state index in [9.17, 15) is 9.59 Å². The molecule has 3 aromatic heterocycles. The van der Waals surface area contributed by atoms with Crippen molar-refractivity contribution in [2.45, 2.75) is 13.8 Å². The molecule has 0 unspecified atom stereocenters. The number of aromatic nitrogens is 3. The molecule has 0 atom stereocenters. The third-order valence-electron chi connectivity index (χ3n) is 3.40. The van der Waals surface area contributed by atoms with Gasteiger partial charge in [-0.05, 0) is 24.3 Å². The Morgan fingerprint density at radius 2 is 1.83 bits per heavy atom. The minimum absolute atomic E-state index is 0.142. The van der Waals surface area contributed by atoms with Crippen molar-refractivity contribution in [2.24, 2.45) is 0 Å². The zero-order valence-corrected chi connectivity index (χ0v) is 14.6. The summed E-state index contributed by atoms with van der Waals surface area (Å²) in [6, 6.07) is 8.34. The standard InChI is InChI=1S/C15H8ClN3O2S.C2H6/c16-8-1-3-9(4-2-8)19-7-18-12-11-10(20)5-6-17-14(11)22-13(12)15(19)21;1-2/h1-7H,(H,17,20);1-2H3. The van der Waals surface area contributed by atoms with Crippen molar-refractivity contribution >= 4 is 43.4 Å². The number of pyridine rings is 1. The molecule has 0 bridgehead atoms. The molecule has 5 nitrogen and oxygen atoms in total. The van der Waals surface area contributed by atoms with Gasteiger partial charge in [0.2, 0.25) is 0 Å². The number of halogens is 1. The Morgan fingerprint density at radius 1 is 1.12 bits per heavy atom. The van der Waals surface area contributed by atoms with E-state index in [4.69, 9.17) is 11.6 Å². The van der Waals surface area contributed by atoms with Crippen molar-refractivity contribution in [3.8, 4) is 5.69 Å². The van der Waals surface area contributed by atoms with Crippen LogP contribution >= 0.6 is 22.9 Å². The molecule has 0 saturated carbocycles. The lowest BCUT2D eigenvalue weighted by Crippen LogP contribution is -2.17. The molecule has 1 aromatic carbocycles. The average Bonchev–Trinajstić information content (AvgIpc) is 2.99. The van der Waals surface area contributed by atoms with Crippen LogP contribution in [0, 0.1) is 0 Å².